The van der Waals surface area contributed by atoms with Crippen molar-refractivity contribution >= 4 is 17.8 Å². The van der Waals surface area contributed by atoms with Gasteiger partial charge < -0.3 is 20.5 Å². The molecule has 0 saturated heterocycles. The smallest absolute Gasteiger partial charge is 0.407 e. The van der Waals surface area contributed by atoms with Crippen LogP contribution in [0.1, 0.15) is 56.8 Å². The van der Waals surface area contributed by atoms with E-state index in [1.807, 2.05) is 0 Å². The molecule has 0 bridgehead atoms. The van der Waals surface area contributed by atoms with Crippen LogP contribution in [-0.4, -0.2) is 36.5 Å². The molecule has 0 aliphatic rings. The molecule has 0 fully saturated rings. The number of primary amides is 1. The largest absolute Gasteiger partial charge is 0.480 e. The first-order valence-electron chi connectivity index (χ1n) is 11.0. The molecule has 192 valence electrons. The van der Waals surface area contributed by atoms with Crippen LogP contribution in [0.3, 0.4) is 0 Å². The highest BCUT2D eigenvalue weighted by molar-refractivity contribution is 5.92. The van der Waals surface area contributed by atoms with Crippen LogP contribution < -0.4 is 15.8 Å². The van der Waals surface area contributed by atoms with Crippen molar-refractivity contribution in [3.63, 3.8) is 0 Å². The average Bonchev–Trinajstić information content (AvgIpc) is 2.75. The molecular weight excluding hydrogens is 465 g/mol. The number of nitrogens with one attached hydrogen (secondary N) is 1. The minimum absolute atomic E-state index is 0.194. The van der Waals surface area contributed by atoms with Crippen molar-refractivity contribution in [3.05, 3.63) is 65.5 Å². The Labute approximate surface area is 202 Å². The Balaban J connectivity index is 0.000000507. The van der Waals surface area contributed by atoms with Gasteiger partial charge in [0, 0.05) is 18.5 Å². The number of carbonyl (C=O) groups excluding carboxylic acids is 3. The van der Waals surface area contributed by atoms with E-state index in [-0.39, 0.29) is 24.4 Å². The van der Waals surface area contributed by atoms with Gasteiger partial charge in [0.15, 0.2) is 23.2 Å². The molecular formula is C25H31F3N2O5. The fourth-order valence-electron chi connectivity index (χ4n) is 2.62. The third-order valence-electron chi connectivity index (χ3n) is 4.21. The number of carbonyl (C=O) groups is 3. The molecule has 2 rings (SSSR count). The van der Waals surface area contributed by atoms with Crippen LogP contribution in [0.25, 0.3) is 0 Å². The number of halogens is 3. The van der Waals surface area contributed by atoms with E-state index in [9.17, 15) is 27.6 Å². The van der Waals surface area contributed by atoms with E-state index in [4.69, 9.17) is 15.2 Å². The third kappa shape index (κ3) is 13.0. The highest BCUT2D eigenvalue weighted by Crippen LogP contribution is 2.20. The lowest BCUT2D eigenvalue weighted by molar-refractivity contribution is -0.121. The molecule has 2 amide bonds. The summed E-state index contributed by atoms with van der Waals surface area (Å²) in [7, 11) is 0. The van der Waals surface area contributed by atoms with Crippen molar-refractivity contribution in [1.82, 2.24) is 5.32 Å². The minimum Gasteiger partial charge on any atom is -0.480 e. The van der Waals surface area contributed by atoms with Gasteiger partial charge in [-0.25, -0.2) is 18.0 Å². The Morgan fingerprint density at radius 2 is 1.57 bits per heavy atom. The second kappa shape index (κ2) is 14.6. The zero-order valence-electron chi connectivity index (χ0n) is 20.0. The number of unbranched alkanes of at least 4 members (excludes halogenated alkanes) is 2. The molecule has 2 aromatic rings. The molecule has 0 aliphatic heterocycles. The number of Topliss-reactive ketones (excluding diaryl/α,β-unsaturated/α-hetero) is 1. The molecule has 0 saturated carbocycles. The average molecular weight is 497 g/mol. The van der Waals surface area contributed by atoms with Gasteiger partial charge in [-0.3, -0.25) is 9.59 Å². The van der Waals surface area contributed by atoms with Gasteiger partial charge in [0.25, 0.3) is 0 Å². The van der Waals surface area contributed by atoms with Crippen molar-refractivity contribution < 1.29 is 37.0 Å². The monoisotopic (exact) mass is 496 g/mol. The van der Waals surface area contributed by atoms with Crippen molar-refractivity contribution in [3.8, 4) is 5.75 Å². The summed E-state index contributed by atoms with van der Waals surface area (Å²) in [5.74, 6) is -3.49. The summed E-state index contributed by atoms with van der Waals surface area (Å²) < 4.78 is 49.0. The molecule has 0 heterocycles. The van der Waals surface area contributed by atoms with Gasteiger partial charge in [-0.05, 0) is 63.9 Å². The number of benzene rings is 2. The van der Waals surface area contributed by atoms with Gasteiger partial charge in [0.05, 0.1) is 0 Å². The van der Waals surface area contributed by atoms with Gasteiger partial charge >= 0.3 is 6.09 Å². The summed E-state index contributed by atoms with van der Waals surface area (Å²) in [6.07, 6.45) is 1.83. The number of amides is 2. The van der Waals surface area contributed by atoms with E-state index in [1.54, 1.807) is 20.8 Å². The molecule has 2 aromatic carbocycles. The maximum absolute atomic E-state index is 13.3. The second-order valence-corrected chi connectivity index (χ2v) is 8.49. The Morgan fingerprint density at radius 1 is 0.943 bits per heavy atom. The summed E-state index contributed by atoms with van der Waals surface area (Å²) in [6, 6.07) is 8.63. The maximum Gasteiger partial charge on any atom is 0.407 e. The molecule has 10 heteroatoms. The van der Waals surface area contributed by atoms with Gasteiger partial charge in [-0.1, -0.05) is 18.6 Å². The van der Waals surface area contributed by atoms with Crippen LogP contribution in [0.2, 0.25) is 0 Å². The molecule has 7 nitrogen and oxygen atoms in total. The molecule has 0 aromatic heterocycles. The molecule has 0 aliphatic carbocycles. The van der Waals surface area contributed by atoms with Gasteiger partial charge in [-0.15, -0.1) is 0 Å². The SMILES string of the molecule is CC(C)(C)OC(=O)NCCCCCC(=O)COc1c(F)cccc1F.NC(=O)c1cccc(F)c1. The lowest BCUT2D eigenvalue weighted by Crippen LogP contribution is -2.33. The topological polar surface area (TPSA) is 108 Å². The number of para-hydroxylation sites is 1. The highest BCUT2D eigenvalue weighted by atomic mass is 19.1. The first-order valence-corrected chi connectivity index (χ1v) is 11.0. The van der Waals surface area contributed by atoms with Crippen molar-refractivity contribution in [2.75, 3.05) is 13.2 Å². The summed E-state index contributed by atoms with van der Waals surface area (Å²) >= 11 is 0. The zero-order chi connectivity index (χ0) is 26.4. The number of nitrogens with two attached hydrogens (primary N) is 1. The molecule has 0 radical (unpaired) electrons. The molecule has 0 atom stereocenters. The Kier molecular flexibility index (Phi) is 12.3. The number of hydrogen-bond donors (Lipinski definition) is 2. The molecule has 35 heavy (non-hydrogen) atoms. The van der Waals surface area contributed by atoms with Crippen LogP contribution in [0.4, 0.5) is 18.0 Å². The Morgan fingerprint density at radius 3 is 2.11 bits per heavy atom. The van der Waals surface area contributed by atoms with Crippen molar-refractivity contribution in [2.24, 2.45) is 5.73 Å². The van der Waals surface area contributed by atoms with Gasteiger partial charge in [0.1, 0.15) is 18.0 Å². The molecule has 0 unspecified atom stereocenters. The lowest BCUT2D eigenvalue weighted by atomic mass is 10.1. The van der Waals surface area contributed by atoms with E-state index < -0.39 is 40.8 Å². The highest BCUT2D eigenvalue weighted by Gasteiger charge is 2.15. The maximum atomic E-state index is 13.3. The van der Waals surface area contributed by atoms with E-state index in [2.05, 4.69) is 5.32 Å². The van der Waals surface area contributed by atoms with Crippen LogP contribution in [-0.2, 0) is 9.53 Å². The van der Waals surface area contributed by atoms with Crippen molar-refractivity contribution in [2.45, 2.75) is 52.1 Å². The van der Waals surface area contributed by atoms with E-state index in [0.29, 0.717) is 19.4 Å². The third-order valence-corrected chi connectivity index (χ3v) is 4.21. The summed E-state index contributed by atoms with van der Waals surface area (Å²) in [5, 5.41) is 2.63. The predicted molar refractivity (Wildman–Crippen MR) is 124 cm³/mol. The fraction of sp³-hybridized carbons (Fsp3) is 0.400. The van der Waals surface area contributed by atoms with Gasteiger partial charge in [0.2, 0.25) is 5.91 Å². The standard InChI is InChI=1S/C18H25F2NO4.C7H6FNO/c1-18(2,3)25-17(23)21-11-6-4-5-8-13(22)12-24-16-14(19)9-7-10-15(16)20;8-6-3-1-2-5(4-6)7(9)10/h7,9-10H,4-6,8,11-12H2,1-3H3,(H,21,23);1-4H,(H2,9,10). The summed E-state index contributed by atoms with van der Waals surface area (Å²) in [4.78, 5) is 33.5. The van der Waals surface area contributed by atoms with E-state index >= 15 is 0 Å². The minimum atomic E-state index is -0.832. The first-order chi connectivity index (χ1) is 16.4. The summed E-state index contributed by atoms with van der Waals surface area (Å²) in [6.45, 7) is 5.45. The number of ketones is 1. The Bertz CT molecular complexity index is 973. The van der Waals surface area contributed by atoms with E-state index in [1.165, 1.54) is 24.3 Å². The molecule has 0 spiro atoms. The van der Waals surface area contributed by atoms with Crippen LogP contribution in [0.15, 0.2) is 42.5 Å². The fourth-order valence-corrected chi connectivity index (χ4v) is 2.62. The van der Waals surface area contributed by atoms with Crippen LogP contribution in [0.5, 0.6) is 5.75 Å². The van der Waals surface area contributed by atoms with Gasteiger partial charge in [-0.2, -0.15) is 0 Å². The van der Waals surface area contributed by atoms with E-state index in [0.717, 1.165) is 24.6 Å². The number of ether oxygens (including phenoxy) is 2. The second-order valence-electron chi connectivity index (χ2n) is 8.49. The zero-order valence-corrected chi connectivity index (χ0v) is 20.0. The Hall–Kier alpha value is -3.56. The number of alkyl carbamates (subject to hydrolysis) is 1. The molecule has 3 N–H and O–H groups in total. The van der Waals surface area contributed by atoms with Crippen LogP contribution in [0, 0.1) is 17.5 Å². The lowest BCUT2D eigenvalue weighted by Gasteiger charge is -2.19. The van der Waals surface area contributed by atoms with Crippen LogP contribution >= 0.6 is 0 Å². The summed E-state index contributed by atoms with van der Waals surface area (Å²) in [5.41, 5.74) is 4.54. The number of rotatable bonds is 10. The normalized spacial score (nSPS) is 10.6. The van der Waals surface area contributed by atoms with Crippen molar-refractivity contribution in [1.29, 1.82) is 0 Å². The number of hydrogen-bond acceptors (Lipinski definition) is 5. The predicted octanol–water partition coefficient (Wildman–Crippen LogP) is 4.92. The first kappa shape index (κ1) is 29.5. The quantitative estimate of drug-likeness (QED) is 0.454.